The second-order valence-corrected chi connectivity index (χ2v) is 6.26. The molecule has 2 aromatic carbocycles. The lowest BCUT2D eigenvalue weighted by atomic mass is 9.64. The van der Waals surface area contributed by atoms with Gasteiger partial charge < -0.3 is 5.32 Å². The van der Waals surface area contributed by atoms with E-state index in [1.54, 1.807) is 18.2 Å². The molecule has 1 fully saturated rings. The number of anilines is 1. The second kappa shape index (κ2) is 6.20. The van der Waals surface area contributed by atoms with E-state index in [4.69, 9.17) is 11.6 Å². The highest BCUT2D eigenvalue weighted by Crippen LogP contribution is 2.45. The van der Waals surface area contributed by atoms with Crippen LogP contribution in [0.2, 0.25) is 5.02 Å². The summed E-state index contributed by atoms with van der Waals surface area (Å²) in [6, 6.07) is 10.4. The predicted octanol–water partition coefficient (Wildman–Crippen LogP) is 4.45. The normalized spacial score (nSPS) is 15.4. The standard InChI is InChI=1S/C17H14ClFN2O3/c18-12-4-1-3-11(9-12)17(7-2-8-17)16(22)20-13-5-6-14(19)15(10-13)21(23)24/h1,3-6,9-10H,2,7-8H2,(H,20,22). The third-order valence-electron chi connectivity index (χ3n) is 4.42. The number of carbonyl (C=O) groups is 1. The molecule has 1 amide bonds. The number of amides is 1. The minimum atomic E-state index is -0.939. The van der Waals surface area contributed by atoms with Crippen LogP contribution in [-0.2, 0) is 10.2 Å². The molecule has 0 aromatic heterocycles. The average molecular weight is 349 g/mol. The lowest BCUT2D eigenvalue weighted by Gasteiger charge is -2.40. The fraction of sp³-hybridized carbons (Fsp3) is 0.235. The number of hydrogen-bond donors (Lipinski definition) is 1. The molecule has 3 rings (SSSR count). The highest BCUT2D eigenvalue weighted by atomic mass is 35.5. The summed E-state index contributed by atoms with van der Waals surface area (Å²) in [5, 5.41) is 14.0. The minimum Gasteiger partial charge on any atom is -0.325 e. The monoisotopic (exact) mass is 348 g/mol. The first-order chi connectivity index (χ1) is 11.4. The smallest absolute Gasteiger partial charge is 0.306 e. The van der Waals surface area contributed by atoms with Crippen molar-refractivity contribution in [2.45, 2.75) is 24.7 Å². The molecule has 5 nitrogen and oxygen atoms in total. The van der Waals surface area contributed by atoms with Gasteiger partial charge >= 0.3 is 5.69 Å². The van der Waals surface area contributed by atoms with Gasteiger partial charge in [-0.15, -0.1) is 0 Å². The lowest BCUT2D eigenvalue weighted by Crippen LogP contribution is -2.46. The maximum atomic E-state index is 13.4. The van der Waals surface area contributed by atoms with Crippen LogP contribution in [0.5, 0.6) is 0 Å². The van der Waals surface area contributed by atoms with Crippen molar-refractivity contribution >= 4 is 28.9 Å². The molecule has 0 radical (unpaired) electrons. The molecule has 1 aliphatic carbocycles. The van der Waals surface area contributed by atoms with Gasteiger partial charge in [0.05, 0.1) is 10.3 Å². The quantitative estimate of drug-likeness (QED) is 0.655. The topological polar surface area (TPSA) is 72.2 Å². The lowest BCUT2D eigenvalue weighted by molar-refractivity contribution is -0.387. The van der Waals surface area contributed by atoms with Crippen molar-refractivity contribution < 1.29 is 14.1 Å². The van der Waals surface area contributed by atoms with Crippen molar-refractivity contribution in [3.8, 4) is 0 Å². The van der Waals surface area contributed by atoms with E-state index in [0.717, 1.165) is 24.1 Å². The Morgan fingerprint density at radius 3 is 2.58 bits per heavy atom. The zero-order chi connectivity index (χ0) is 17.3. The third kappa shape index (κ3) is 2.85. The van der Waals surface area contributed by atoms with Crippen LogP contribution in [0.25, 0.3) is 0 Å². The molecule has 2 aromatic rings. The van der Waals surface area contributed by atoms with Crippen LogP contribution in [-0.4, -0.2) is 10.8 Å². The van der Waals surface area contributed by atoms with E-state index in [-0.39, 0.29) is 11.6 Å². The highest BCUT2D eigenvalue weighted by Gasteiger charge is 2.45. The van der Waals surface area contributed by atoms with Gasteiger partial charge in [-0.2, -0.15) is 4.39 Å². The van der Waals surface area contributed by atoms with Crippen LogP contribution in [0, 0.1) is 15.9 Å². The summed E-state index contributed by atoms with van der Waals surface area (Å²) in [5.41, 5.74) is -0.358. The van der Waals surface area contributed by atoms with E-state index < -0.39 is 21.8 Å². The number of benzene rings is 2. The van der Waals surface area contributed by atoms with E-state index in [2.05, 4.69) is 5.32 Å². The molecular formula is C17H14ClFN2O3. The fourth-order valence-electron chi connectivity index (χ4n) is 2.94. The number of nitrogens with zero attached hydrogens (tertiary/aromatic N) is 1. The van der Waals surface area contributed by atoms with E-state index >= 15 is 0 Å². The first-order valence-corrected chi connectivity index (χ1v) is 7.82. The maximum Gasteiger partial charge on any atom is 0.306 e. The largest absolute Gasteiger partial charge is 0.325 e. The molecule has 0 atom stereocenters. The van der Waals surface area contributed by atoms with Crippen molar-refractivity contribution in [3.05, 3.63) is 69.0 Å². The van der Waals surface area contributed by atoms with Gasteiger partial charge in [-0.1, -0.05) is 30.2 Å². The second-order valence-electron chi connectivity index (χ2n) is 5.82. The Labute approximate surface area is 142 Å². The molecule has 0 saturated heterocycles. The Balaban J connectivity index is 1.88. The molecule has 24 heavy (non-hydrogen) atoms. The summed E-state index contributed by atoms with van der Waals surface area (Å²) < 4.78 is 13.4. The summed E-state index contributed by atoms with van der Waals surface area (Å²) in [6.45, 7) is 0. The Kier molecular flexibility index (Phi) is 4.24. The fourth-order valence-corrected chi connectivity index (χ4v) is 3.13. The van der Waals surface area contributed by atoms with Crippen molar-refractivity contribution in [1.29, 1.82) is 0 Å². The van der Waals surface area contributed by atoms with Gasteiger partial charge in [-0.05, 0) is 42.7 Å². The van der Waals surface area contributed by atoms with Crippen LogP contribution in [0.1, 0.15) is 24.8 Å². The van der Waals surface area contributed by atoms with Gasteiger partial charge in [-0.25, -0.2) is 0 Å². The third-order valence-corrected chi connectivity index (χ3v) is 4.65. The van der Waals surface area contributed by atoms with Crippen LogP contribution >= 0.6 is 11.6 Å². The molecule has 0 bridgehead atoms. The van der Waals surface area contributed by atoms with Crippen LogP contribution in [0.15, 0.2) is 42.5 Å². The molecular weight excluding hydrogens is 335 g/mol. The first-order valence-electron chi connectivity index (χ1n) is 7.44. The average Bonchev–Trinajstić information content (AvgIpc) is 2.48. The molecule has 1 saturated carbocycles. The summed E-state index contributed by atoms with van der Waals surface area (Å²) in [6.07, 6.45) is 2.24. The minimum absolute atomic E-state index is 0.196. The molecule has 7 heteroatoms. The van der Waals surface area contributed by atoms with Crippen molar-refractivity contribution in [2.24, 2.45) is 0 Å². The van der Waals surface area contributed by atoms with Gasteiger partial charge in [0.15, 0.2) is 0 Å². The van der Waals surface area contributed by atoms with Crippen molar-refractivity contribution in [2.75, 3.05) is 5.32 Å². The summed E-state index contributed by atoms with van der Waals surface area (Å²) in [7, 11) is 0. The number of nitro benzene ring substituents is 1. The van der Waals surface area contributed by atoms with Crippen molar-refractivity contribution in [1.82, 2.24) is 0 Å². The zero-order valence-electron chi connectivity index (χ0n) is 12.6. The van der Waals surface area contributed by atoms with Crippen LogP contribution in [0.4, 0.5) is 15.8 Å². The number of hydrogen-bond acceptors (Lipinski definition) is 3. The Morgan fingerprint density at radius 1 is 1.25 bits per heavy atom. The van der Waals surface area contributed by atoms with Crippen LogP contribution < -0.4 is 5.32 Å². The van der Waals surface area contributed by atoms with Gasteiger partial charge in [0.2, 0.25) is 11.7 Å². The zero-order valence-corrected chi connectivity index (χ0v) is 13.3. The number of halogens is 2. The SMILES string of the molecule is O=C(Nc1ccc(F)c([N+](=O)[O-])c1)C1(c2cccc(Cl)c2)CCC1. The van der Waals surface area contributed by atoms with E-state index in [1.165, 1.54) is 6.07 Å². The van der Waals surface area contributed by atoms with Gasteiger partial charge in [0.1, 0.15) is 0 Å². The summed E-state index contributed by atoms with van der Waals surface area (Å²) >= 11 is 6.02. The highest BCUT2D eigenvalue weighted by molar-refractivity contribution is 6.30. The Bertz CT molecular complexity index is 821. The molecule has 0 unspecified atom stereocenters. The Morgan fingerprint density at radius 2 is 2.00 bits per heavy atom. The van der Waals surface area contributed by atoms with E-state index in [0.29, 0.717) is 17.9 Å². The predicted molar refractivity (Wildman–Crippen MR) is 88.7 cm³/mol. The number of nitrogens with one attached hydrogen (secondary N) is 1. The number of nitro groups is 1. The molecule has 0 spiro atoms. The summed E-state index contributed by atoms with van der Waals surface area (Å²) in [4.78, 5) is 22.8. The molecule has 1 N–H and O–H groups in total. The molecule has 0 aliphatic heterocycles. The number of carbonyl (C=O) groups excluding carboxylic acids is 1. The number of rotatable bonds is 4. The van der Waals surface area contributed by atoms with Gasteiger partial charge in [0.25, 0.3) is 0 Å². The van der Waals surface area contributed by atoms with Gasteiger partial charge in [-0.3, -0.25) is 14.9 Å². The summed E-state index contributed by atoms with van der Waals surface area (Å²) in [5.74, 6) is -1.21. The van der Waals surface area contributed by atoms with Crippen LogP contribution in [0.3, 0.4) is 0 Å². The molecule has 0 heterocycles. The molecule has 1 aliphatic rings. The van der Waals surface area contributed by atoms with Gasteiger partial charge in [0, 0.05) is 16.8 Å². The van der Waals surface area contributed by atoms with Crippen molar-refractivity contribution in [3.63, 3.8) is 0 Å². The maximum absolute atomic E-state index is 13.4. The van der Waals surface area contributed by atoms with E-state index in [9.17, 15) is 19.3 Å². The van der Waals surface area contributed by atoms with E-state index in [1.807, 2.05) is 6.07 Å². The Hall–Kier alpha value is -2.47. The molecule has 124 valence electrons. The first kappa shape index (κ1) is 16.4.